The van der Waals surface area contributed by atoms with Crippen molar-refractivity contribution in [1.29, 1.82) is 0 Å². The van der Waals surface area contributed by atoms with Crippen LogP contribution in [0.2, 0.25) is 0 Å². The van der Waals surface area contributed by atoms with Crippen molar-refractivity contribution in [3.8, 4) is 5.75 Å². The molecular formula is C26H27NO5. The fourth-order valence-electron chi connectivity index (χ4n) is 3.66. The summed E-state index contributed by atoms with van der Waals surface area (Å²) in [7, 11) is 0. The van der Waals surface area contributed by atoms with E-state index in [1.165, 1.54) is 0 Å². The Bertz CT molecular complexity index is 1100. The number of rotatable bonds is 11. The molecule has 1 aliphatic rings. The van der Waals surface area contributed by atoms with Crippen LogP contribution >= 0.6 is 0 Å². The molecule has 0 saturated heterocycles. The summed E-state index contributed by atoms with van der Waals surface area (Å²) in [4.78, 5) is 25.2. The van der Waals surface area contributed by atoms with E-state index in [1.807, 2.05) is 60.7 Å². The first-order valence-corrected chi connectivity index (χ1v) is 10.9. The zero-order chi connectivity index (χ0) is 22.3. The fourth-order valence-corrected chi connectivity index (χ4v) is 3.66. The Morgan fingerprint density at radius 1 is 0.969 bits per heavy atom. The maximum Gasteiger partial charge on any atom is 0.339 e. The highest BCUT2D eigenvalue weighted by molar-refractivity contribution is 5.90. The number of ether oxygens (including phenoxy) is 2. The van der Waals surface area contributed by atoms with Crippen LogP contribution in [0.5, 0.6) is 5.75 Å². The lowest BCUT2D eigenvalue weighted by Gasteiger charge is -2.17. The van der Waals surface area contributed by atoms with E-state index in [2.05, 4.69) is 0 Å². The Balaban J connectivity index is 1.55. The van der Waals surface area contributed by atoms with Gasteiger partial charge in [0.1, 0.15) is 12.2 Å². The van der Waals surface area contributed by atoms with Gasteiger partial charge in [0, 0.05) is 12.2 Å². The van der Waals surface area contributed by atoms with E-state index < -0.39 is 11.5 Å². The fraction of sp³-hybridized carbons (Fsp3) is 0.308. The van der Waals surface area contributed by atoms with E-state index in [0.29, 0.717) is 32.1 Å². The average molecular weight is 434 g/mol. The second-order valence-electron chi connectivity index (χ2n) is 8.10. The summed E-state index contributed by atoms with van der Waals surface area (Å²) < 4.78 is 13.2. The molecule has 0 unspecified atom stereocenters. The lowest BCUT2D eigenvalue weighted by Crippen LogP contribution is -2.29. The monoisotopic (exact) mass is 433 g/mol. The maximum atomic E-state index is 13.3. The first-order chi connectivity index (χ1) is 15.6. The summed E-state index contributed by atoms with van der Waals surface area (Å²) >= 11 is 0. The van der Waals surface area contributed by atoms with Crippen LogP contribution in [0, 0.1) is 5.92 Å². The van der Waals surface area contributed by atoms with E-state index in [4.69, 9.17) is 9.47 Å². The first kappa shape index (κ1) is 21.8. The smallest absolute Gasteiger partial charge is 0.339 e. The van der Waals surface area contributed by atoms with Crippen molar-refractivity contribution in [2.24, 2.45) is 5.92 Å². The molecule has 0 aliphatic heterocycles. The van der Waals surface area contributed by atoms with Crippen molar-refractivity contribution >= 4 is 5.97 Å². The highest BCUT2D eigenvalue weighted by Gasteiger charge is 2.26. The van der Waals surface area contributed by atoms with E-state index in [9.17, 15) is 14.7 Å². The van der Waals surface area contributed by atoms with Crippen molar-refractivity contribution in [3.63, 3.8) is 0 Å². The van der Waals surface area contributed by atoms with Gasteiger partial charge < -0.3 is 19.1 Å². The Morgan fingerprint density at radius 3 is 2.19 bits per heavy atom. The van der Waals surface area contributed by atoms with Crippen LogP contribution in [0.3, 0.4) is 0 Å². The standard InChI is InChI=1S/C26H27NO5/c28-25-24(32-18-21-9-5-2-6-10-21)23(26(29)30)16-22(15-19-11-12-19)27(25)13-14-31-17-20-7-3-1-4-8-20/h1-10,16,19H,11-15,17-18H2,(H,29,30). The van der Waals surface area contributed by atoms with Gasteiger partial charge in [0.15, 0.2) is 5.75 Å². The number of carboxylic acid groups (broad SMARTS) is 1. The molecular weight excluding hydrogens is 406 g/mol. The molecule has 0 radical (unpaired) electrons. The largest absolute Gasteiger partial charge is 0.482 e. The highest BCUT2D eigenvalue weighted by atomic mass is 16.5. The number of hydrogen-bond donors (Lipinski definition) is 1. The zero-order valence-corrected chi connectivity index (χ0v) is 17.9. The van der Waals surface area contributed by atoms with Crippen LogP contribution in [-0.2, 0) is 30.9 Å². The number of aromatic carboxylic acids is 1. The van der Waals surface area contributed by atoms with Crippen LogP contribution < -0.4 is 10.3 Å². The van der Waals surface area contributed by atoms with Crippen LogP contribution in [0.4, 0.5) is 0 Å². The van der Waals surface area contributed by atoms with Crippen molar-refractivity contribution in [2.45, 2.75) is 39.0 Å². The number of pyridine rings is 1. The van der Waals surface area contributed by atoms with E-state index in [-0.39, 0.29) is 17.9 Å². The summed E-state index contributed by atoms with van der Waals surface area (Å²) in [5, 5.41) is 9.74. The molecule has 0 atom stereocenters. The molecule has 32 heavy (non-hydrogen) atoms. The van der Waals surface area contributed by atoms with E-state index in [1.54, 1.807) is 10.6 Å². The van der Waals surface area contributed by atoms with E-state index >= 15 is 0 Å². The zero-order valence-electron chi connectivity index (χ0n) is 17.9. The lowest BCUT2D eigenvalue weighted by atomic mass is 10.1. The number of hydrogen-bond acceptors (Lipinski definition) is 4. The van der Waals surface area contributed by atoms with Gasteiger partial charge in [0.05, 0.1) is 13.2 Å². The van der Waals surface area contributed by atoms with Crippen molar-refractivity contribution in [1.82, 2.24) is 4.57 Å². The van der Waals surface area contributed by atoms with Crippen LogP contribution in [0.1, 0.15) is 40.0 Å². The third-order valence-electron chi connectivity index (χ3n) is 5.56. The highest BCUT2D eigenvalue weighted by Crippen LogP contribution is 2.33. The molecule has 166 valence electrons. The Morgan fingerprint density at radius 2 is 1.59 bits per heavy atom. The second-order valence-corrected chi connectivity index (χ2v) is 8.10. The van der Waals surface area contributed by atoms with Gasteiger partial charge in [0.2, 0.25) is 0 Å². The van der Waals surface area contributed by atoms with Gasteiger partial charge in [-0.25, -0.2) is 4.79 Å². The minimum Gasteiger partial charge on any atom is -0.482 e. The average Bonchev–Trinajstić information content (AvgIpc) is 3.62. The van der Waals surface area contributed by atoms with Gasteiger partial charge in [-0.3, -0.25) is 4.79 Å². The Labute approximate surface area is 187 Å². The number of nitrogens with zero attached hydrogens (tertiary/aromatic N) is 1. The predicted octanol–water partition coefficient (Wildman–Crippen LogP) is 4.29. The van der Waals surface area contributed by atoms with Crippen molar-refractivity contribution < 1.29 is 19.4 Å². The second kappa shape index (κ2) is 10.3. The number of benzene rings is 2. The van der Waals surface area contributed by atoms with Gasteiger partial charge in [-0.05, 0) is 42.4 Å². The molecule has 6 heteroatoms. The molecule has 4 rings (SSSR count). The van der Waals surface area contributed by atoms with Crippen LogP contribution in [-0.4, -0.2) is 22.2 Å². The lowest BCUT2D eigenvalue weighted by molar-refractivity contribution is 0.0690. The summed E-state index contributed by atoms with van der Waals surface area (Å²) in [6.07, 6.45) is 2.90. The molecule has 1 heterocycles. The van der Waals surface area contributed by atoms with Crippen LogP contribution in [0.25, 0.3) is 0 Å². The van der Waals surface area contributed by atoms with Gasteiger partial charge in [-0.1, -0.05) is 60.7 Å². The minimum atomic E-state index is -1.16. The summed E-state index contributed by atoms with van der Waals surface area (Å²) in [5.41, 5.74) is 2.15. The number of carbonyl (C=O) groups is 1. The van der Waals surface area contributed by atoms with E-state index in [0.717, 1.165) is 29.7 Å². The van der Waals surface area contributed by atoms with Gasteiger partial charge in [-0.15, -0.1) is 0 Å². The molecule has 0 spiro atoms. The molecule has 1 N–H and O–H groups in total. The first-order valence-electron chi connectivity index (χ1n) is 10.9. The summed E-state index contributed by atoms with van der Waals surface area (Å²) in [5.74, 6) is -0.776. The molecule has 6 nitrogen and oxygen atoms in total. The molecule has 2 aromatic carbocycles. The van der Waals surface area contributed by atoms with Crippen molar-refractivity contribution in [3.05, 3.63) is 99.5 Å². The molecule has 0 amide bonds. The quantitative estimate of drug-likeness (QED) is 0.457. The Hall–Kier alpha value is -3.38. The molecule has 1 fully saturated rings. The number of carboxylic acids is 1. The summed E-state index contributed by atoms with van der Waals surface area (Å²) in [6.45, 7) is 1.27. The molecule has 1 aliphatic carbocycles. The predicted molar refractivity (Wildman–Crippen MR) is 121 cm³/mol. The van der Waals surface area contributed by atoms with Gasteiger partial charge >= 0.3 is 5.97 Å². The van der Waals surface area contributed by atoms with Gasteiger partial charge in [0.25, 0.3) is 5.56 Å². The molecule has 0 bridgehead atoms. The van der Waals surface area contributed by atoms with Gasteiger partial charge in [-0.2, -0.15) is 0 Å². The molecule has 1 aromatic heterocycles. The molecule has 3 aromatic rings. The van der Waals surface area contributed by atoms with Crippen molar-refractivity contribution in [2.75, 3.05) is 6.61 Å². The normalized spacial score (nSPS) is 13.1. The SMILES string of the molecule is O=C(O)c1cc(CC2CC2)n(CCOCc2ccccc2)c(=O)c1OCc1ccccc1. The van der Waals surface area contributed by atoms with Crippen LogP contribution in [0.15, 0.2) is 71.5 Å². The molecule has 1 saturated carbocycles. The third-order valence-corrected chi connectivity index (χ3v) is 5.56. The maximum absolute atomic E-state index is 13.3. The third kappa shape index (κ3) is 5.65. The number of aromatic nitrogens is 1. The Kier molecular flexibility index (Phi) is 7.02. The topological polar surface area (TPSA) is 77.8 Å². The summed E-state index contributed by atoms with van der Waals surface area (Å²) in [6, 6.07) is 20.8. The minimum absolute atomic E-state index is 0.0805.